The Balaban J connectivity index is 1.32. The van der Waals surface area contributed by atoms with Gasteiger partial charge in [-0.1, -0.05) is 54.6 Å². The normalized spacial score (nSPS) is 13.1. The van der Waals surface area contributed by atoms with Gasteiger partial charge in [-0.3, -0.25) is 9.59 Å². The number of rotatable bonds is 7. The molecule has 0 bridgehead atoms. The highest BCUT2D eigenvalue weighted by Gasteiger charge is 2.29. The van der Waals surface area contributed by atoms with Crippen LogP contribution in [0.2, 0.25) is 0 Å². The van der Waals surface area contributed by atoms with Gasteiger partial charge in [0, 0.05) is 22.1 Å². The highest BCUT2D eigenvalue weighted by atomic mass is 32.2. The molecule has 0 atom stereocenters. The van der Waals surface area contributed by atoms with Gasteiger partial charge in [0.2, 0.25) is 5.91 Å². The number of nitrogens with one attached hydrogen (secondary N) is 1. The number of thioether (sulfide) groups is 1. The molecule has 0 heterocycles. The zero-order valence-corrected chi connectivity index (χ0v) is 16.2. The van der Waals surface area contributed by atoms with Crippen LogP contribution < -0.4 is 5.32 Å². The maximum atomic E-state index is 12.5. The van der Waals surface area contributed by atoms with E-state index in [0.29, 0.717) is 5.75 Å². The molecule has 4 rings (SSSR count). The van der Waals surface area contributed by atoms with E-state index in [1.54, 1.807) is 0 Å². The van der Waals surface area contributed by atoms with E-state index in [2.05, 4.69) is 17.4 Å². The molecule has 0 aromatic heterocycles. The van der Waals surface area contributed by atoms with Gasteiger partial charge in [0.15, 0.2) is 5.78 Å². The largest absolute Gasteiger partial charge is 0.326 e. The standard InChI is InChI=1S/C24H21NO2S/c26-23(19-8-6-18(7-9-19)17-4-2-1-3-5-17)16-28-22-14-12-21(13-15-22)25-24(27)20-10-11-20/h1-9,12-15,20H,10-11,16H2,(H,25,27). The lowest BCUT2D eigenvalue weighted by Crippen LogP contribution is -2.12. The van der Waals surface area contributed by atoms with Crippen molar-refractivity contribution in [2.45, 2.75) is 17.7 Å². The number of ketones is 1. The second-order valence-corrected chi connectivity index (χ2v) is 7.99. The van der Waals surface area contributed by atoms with Gasteiger partial charge in [-0.2, -0.15) is 0 Å². The van der Waals surface area contributed by atoms with Gasteiger partial charge in [-0.25, -0.2) is 0 Å². The Morgan fingerprint density at radius 2 is 1.46 bits per heavy atom. The van der Waals surface area contributed by atoms with Crippen LogP contribution in [0.5, 0.6) is 0 Å². The van der Waals surface area contributed by atoms with Crippen LogP contribution in [-0.2, 0) is 4.79 Å². The fourth-order valence-electron chi connectivity index (χ4n) is 2.94. The molecule has 0 spiro atoms. The molecule has 4 heteroatoms. The van der Waals surface area contributed by atoms with Gasteiger partial charge >= 0.3 is 0 Å². The fourth-order valence-corrected chi connectivity index (χ4v) is 3.73. The molecule has 0 radical (unpaired) electrons. The average molecular weight is 388 g/mol. The van der Waals surface area contributed by atoms with Crippen LogP contribution in [0.4, 0.5) is 5.69 Å². The van der Waals surface area contributed by atoms with Crippen LogP contribution in [0.25, 0.3) is 11.1 Å². The first-order valence-corrected chi connectivity index (χ1v) is 10.4. The molecule has 3 aromatic carbocycles. The summed E-state index contributed by atoms with van der Waals surface area (Å²) in [5, 5.41) is 2.93. The maximum absolute atomic E-state index is 12.5. The van der Waals surface area contributed by atoms with E-state index in [4.69, 9.17) is 0 Å². The molecular weight excluding hydrogens is 366 g/mol. The summed E-state index contributed by atoms with van der Waals surface area (Å²) in [5.41, 5.74) is 3.78. The molecule has 28 heavy (non-hydrogen) atoms. The van der Waals surface area contributed by atoms with Crippen LogP contribution in [0.3, 0.4) is 0 Å². The van der Waals surface area contributed by atoms with Crippen LogP contribution in [-0.4, -0.2) is 17.4 Å². The van der Waals surface area contributed by atoms with Crippen LogP contribution >= 0.6 is 11.8 Å². The summed E-state index contributed by atoms with van der Waals surface area (Å²) in [5.74, 6) is 0.795. The Labute approximate surface area is 169 Å². The van der Waals surface area contributed by atoms with E-state index < -0.39 is 0 Å². The van der Waals surface area contributed by atoms with E-state index in [-0.39, 0.29) is 17.6 Å². The Morgan fingerprint density at radius 3 is 2.11 bits per heavy atom. The summed E-state index contributed by atoms with van der Waals surface area (Å²) in [6.45, 7) is 0. The minimum atomic E-state index is 0.106. The SMILES string of the molecule is O=C(CSc1ccc(NC(=O)C2CC2)cc1)c1ccc(-c2ccccc2)cc1. The zero-order valence-electron chi connectivity index (χ0n) is 15.4. The molecule has 1 saturated carbocycles. The van der Waals surface area contributed by atoms with Crippen molar-refractivity contribution in [1.29, 1.82) is 0 Å². The predicted molar refractivity (Wildman–Crippen MR) is 115 cm³/mol. The lowest BCUT2D eigenvalue weighted by atomic mass is 10.0. The van der Waals surface area contributed by atoms with E-state index in [9.17, 15) is 9.59 Å². The lowest BCUT2D eigenvalue weighted by Gasteiger charge is -2.06. The predicted octanol–water partition coefficient (Wildman–Crippen LogP) is 5.68. The second-order valence-electron chi connectivity index (χ2n) is 6.94. The highest BCUT2D eigenvalue weighted by Crippen LogP contribution is 2.30. The third-order valence-corrected chi connectivity index (χ3v) is 5.77. The number of amides is 1. The molecule has 0 aliphatic heterocycles. The van der Waals surface area contributed by atoms with E-state index in [0.717, 1.165) is 40.1 Å². The second kappa shape index (κ2) is 8.44. The third kappa shape index (κ3) is 4.70. The number of carbonyl (C=O) groups is 2. The minimum absolute atomic E-state index is 0.106. The van der Waals surface area contributed by atoms with Gasteiger partial charge < -0.3 is 5.32 Å². The molecule has 1 aliphatic carbocycles. The van der Waals surface area contributed by atoms with Crippen molar-refractivity contribution in [3.8, 4) is 11.1 Å². The molecular formula is C24H21NO2S. The first kappa shape index (κ1) is 18.5. The Morgan fingerprint density at radius 1 is 0.821 bits per heavy atom. The molecule has 1 aliphatic rings. The van der Waals surface area contributed by atoms with Crippen LogP contribution in [0.15, 0.2) is 83.8 Å². The smallest absolute Gasteiger partial charge is 0.227 e. The molecule has 1 fully saturated rings. The van der Waals surface area contributed by atoms with Crippen molar-refractivity contribution in [2.24, 2.45) is 5.92 Å². The fraction of sp³-hybridized carbons (Fsp3) is 0.167. The number of Topliss-reactive ketones (excluding diaryl/α,β-unsaturated/α-hetero) is 1. The molecule has 1 N–H and O–H groups in total. The van der Waals surface area contributed by atoms with Gasteiger partial charge in [-0.05, 0) is 48.2 Å². The molecule has 0 unspecified atom stereocenters. The van der Waals surface area contributed by atoms with Gasteiger partial charge in [-0.15, -0.1) is 11.8 Å². The lowest BCUT2D eigenvalue weighted by molar-refractivity contribution is -0.117. The first-order valence-electron chi connectivity index (χ1n) is 9.41. The van der Waals surface area contributed by atoms with Crippen molar-refractivity contribution >= 4 is 29.1 Å². The Hall–Kier alpha value is -2.85. The molecule has 1 amide bonds. The van der Waals surface area contributed by atoms with E-state index in [1.807, 2.05) is 66.7 Å². The number of hydrogen-bond donors (Lipinski definition) is 1. The topological polar surface area (TPSA) is 46.2 Å². The highest BCUT2D eigenvalue weighted by molar-refractivity contribution is 8.00. The van der Waals surface area contributed by atoms with Crippen molar-refractivity contribution < 1.29 is 9.59 Å². The van der Waals surface area contributed by atoms with Crippen molar-refractivity contribution in [2.75, 3.05) is 11.1 Å². The first-order chi connectivity index (χ1) is 13.7. The molecule has 3 nitrogen and oxygen atoms in total. The van der Waals surface area contributed by atoms with E-state index >= 15 is 0 Å². The van der Waals surface area contributed by atoms with Crippen molar-refractivity contribution in [3.05, 3.63) is 84.4 Å². The number of anilines is 1. The van der Waals surface area contributed by atoms with E-state index in [1.165, 1.54) is 11.8 Å². The quantitative estimate of drug-likeness (QED) is 0.419. The van der Waals surface area contributed by atoms with Gasteiger partial charge in [0.25, 0.3) is 0 Å². The third-order valence-electron chi connectivity index (χ3n) is 4.75. The van der Waals surface area contributed by atoms with Crippen LogP contribution in [0.1, 0.15) is 23.2 Å². The average Bonchev–Trinajstić information content (AvgIpc) is 3.59. The Kier molecular flexibility index (Phi) is 5.58. The molecule has 140 valence electrons. The minimum Gasteiger partial charge on any atom is -0.326 e. The molecule has 3 aromatic rings. The number of benzene rings is 3. The summed E-state index contributed by atoms with van der Waals surface area (Å²) in [4.78, 5) is 25.3. The van der Waals surface area contributed by atoms with Gasteiger partial charge in [0.1, 0.15) is 0 Å². The maximum Gasteiger partial charge on any atom is 0.227 e. The number of carbonyl (C=O) groups excluding carboxylic acids is 2. The Bertz CT molecular complexity index is 962. The summed E-state index contributed by atoms with van der Waals surface area (Å²) in [6.07, 6.45) is 1.99. The summed E-state index contributed by atoms with van der Waals surface area (Å²) >= 11 is 1.51. The van der Waals surface area contributed by atoms with Crippen molar-refractivity contribution in [1.82, 2.24) is 0 Å². The van der Waals surface area contributed by atoms with Crippen molar-refractivity contribution in [3.63, 3.8) is 0 Å². The summed E-state index contributed by atoms with van der Waals surface area (Å²) in [6, 6.07) is 25.6. The van der Waals surface area contributed by atoms with Gasteiger partial charge in [0.05, 0.1) is 5.75 Å². The summed E-state index contributed by atoms with van der Waals surface area (Å²) < 4.78 is 0. The summed E-state index contributed by atoms with van der Waals surface area (Å²) in [7, 11) is 0. The van der Waals surface area contributed by atoms with Crippen LogP contribution in [0, 0.1) is 5.92 Å². The molecule has 0 saturated heterocycles. The number of hydrogen-bond acceptors (Lipinski definition) is 3. The monoisotopic (exact) mass is 387 g/mol. The zero-order chi connectivity index (χ0) is 19.3.